The van der Waals surface area contributed by atoms with Gasteiger partial charge in [0.15, 0.2) is 0 Å². The lowest BCUT2D eigenvalue weighted by Crippen LogP contribution is -2.45. The molecule has 0 aromatic rings. The maximum Gasteiger partial charge on any atom is 0.325 e. The zero-order valence-corrected chi connectivity index (χ0v) is 9.22. The summed E-state index contributed by atoms with van der Waals surface area (Å²) in [6.45, 7) is 0. The van der Waals surface area contributed by atoms with Crippen LogP contribution in [0.5, 0.6) is 0 Å². The molecule has 0 spiro atoms. The molecule has 0 heterocycles. The highest BCUT2D eigenvalue weighted by Crippen LogP contribution is 2.11. The Morgan fingerprint density at radius 1 is 1.27 bits per heavy atom. The summed E-state index contributed by atoms with van der Waals surface area (Å²) >= 11 is 0. The van der Waals surface area contributed by atoms with Gasteiger partial charge in [-0.15, -0.1) is 0 Å². The van der Waals surface area contributed by atoms with Gasteiger partial charge < -0.3 is 24.7 Å². The Morgan fingerprint density at radius 3 is 2.07 bits per heavy atom. The Kier molecular flexibility index (Phi) is 6.23. The van der Waals surface area contributed by atoms with Crippen LogP contribution in [-0.2, 0) is 18.9 Å². The molecule has 0 aromatic carbocycles. The van der Waals surface area contributed by atoms with Crippen LogP contribution in [-0.4, -0.2) is 45.8 Å². The van der Waals surface area contributed by atoms with Gasteiger partial charge in [0.1, 0.15) is 6.26 Å². The fraction of sp³-hybridized carbons (Fsp3) is 0.625. The molecule has 0 rings (SSSR count). The van der Waals surface area contributed by atoms with Gasteiger partial charge in [-0.3, -0.25) is 0 Å². The fourth-order valence-corrected chi connectivity index (χ4v) is 0.927. The normalized spacial score (nSPS) is 11.4. The van der Waals surface area contributed by atoms with Crippen molar-refractivity contribution in [2.75, 3.05) is 28.4 Å². The number of carbonyl (C=O) groups excluding carboxylic acids is 1. The Morgan fingerprint density at radius 2 is 1.80 bits per heavy atom. The molecule has 0 aliphatic heterocycles. The van der Waals surface area contributed by atoms with Crippen molar-refractivity contribution in [2.24, 2.45) is 5.73 Å². The third kappa shape index (κ3) is 3.64. The predicted molar refractivity (Wildman–Crippen MR) is 51.3 cm³/mol. The van der Waals surface area contributed by atoms with Gasteiger partial charge in [-0.2, -0.15) is 0 Å². The first-order chi connectivity index (χ1) is 7.12. The molecule has 0 atom stereocenters. The van der Waals surface area contributed by atoms with Gasteiger partial charge in [-0.1, -0.05) is 0 Å². The second kappa shape index (κ2) is 6.91. The Bertz CT molecular complexity index is 227. The van der Waals surface area contributed by atoms with E-state index in [9.17, 15) is 4.79 Å². The lowest BCUT2D eigenvalue weighted by molar-refractivity contribution is -0.178. The van der Waals surface area contributed by atoms with Gasteiger partial charge in [-0.25, -0.2) is 9.69 Å². The van der Waals surface area contributed by atoms with E-state index in [1.165, 1.54) is 34.7 Å². The Hall–Kier alpha value is -1.47. The van der Waals surface area contributed by atoms with Crippen molar-refractivity contribution in [1.29, 1.82) is 0 Å². The third-order valence-corrected chi connectivity index (χ3v) is 1.52. The first-order valence-corrected chi connectivity index (χ1v) is 4.03. The molecule has 0 fully saturated rings. The van der Waals surface area contributed by atoms with Crippen LogP contribution in [0.1, 0.15) is 0 Å². The SMILES string of the molecule is COC=C(OC)N(C(N)=O)C(OC)OC. The standard InChI is InChI=1S/C8H16N2O5/c1-12-5-6(13-2)10(7(9)11)8(14-3)15-4/h5,8H,1-4H3,(H2,9,11). The molecule has 2 N–H and O–H groups in total. The minimum absolute atomic E-state index is 0.0821. The summed E-state index contributed by atoms with van der Waals surface area (Å²) in [5.41, 5.74) is 5.15. The fourth-order valence-electron chi connectivity index (χ4n) is 0.927. The maximum atomic E-state index is 11.1. The van der Waals surface area contributed by atoms with E-state index >= 15 is 0 Å². The number of nitrogens with zero attached hydrogens (tertiary/aromatic N) is 1. The molecule has 15 heavy (non-hydrogen) atoms. The van der Waals surface area contributed by atoms with E-state index in [0.29, 0.717) is 0 Å². The van der Waals surface area contributed by atoms with Crippen molar-refractivity contribution in [2.45, 2.75) is 6.41 Å². The van der Waals surface area contributed by atoms with E-state index in [1.54, 1.807) is 0 Å². The number of nitrogens with two attached hydrogens (primary N) is 1. The number of carbonyl (C=O) groups is 1. The van der Waals surface area contributed by atoms with Crippen molar-refractivity contribution in [3.63, 3.8) is 0 Å². The van der Waals surface area contributed by atoms with E-state index in [2.05, 4.69) is 0 Å². The first-order valence-electron chi connectivity index (χ1n) is 4.03. The summed E-state index contributed by atoms with van der Waals surface area (Å²) in [6, 6.07) is -0.783. The molecule has 88 valence electrons. The van der Waals surface area contributed by atoms with E-state index in [0.717, 1.165) is 4.90 Å². The molecule has 0 bridgehead atoms. The van der Waals surface area contributed by atoms with Crippen LogP contribution in [0.2, 0.25) is 0 Å². The summed E-state index contributed by atoms with van der Waals surface area (Å²) < 4.78 is 19.4. The summed E-state index contributed by atoms with van der Waals surface area (Å²) in [7, 11) is 5.50. The van der Waals surface area contributed by atoms with Crippen LogP contribution in [0.3, 0.4) is 0 Å². The monoisotopic (exact) mass is 220 g/mol. The molecule has 0 unspecified atom stereocenters. The first kappa shape index (κ1) is 13.5. The molecule has 7 nitrogen and oxygen atoms in total. The van der Waals surface area contributed by atoms with Crippen molar-refractivity contribution in [3.8, 4) is 0 Å². The Balaban J connectivity index is 4.92. The number of ether oxygens (including phenoxy) is 4. The summed E-state index contributed by atoms with van der Waals surface area (Å²) in [5, 5.41) is 0. The molecule has 7 heteroatoms. The molecular formula is C8H16N2O5. The van der Waals surface area contributed by atoms with Gasteiger partial charge in [-0.05, 0) is 0 Å². The molecule has 0 saturated carbocycles. The number of amides is 2. The largest absolute Gasteiger partial charge is 0.499 e. The van der Waals surface area contributed by atoms with Crippen molar-refractivity contribution >= 4 is 6.03 Å². The predicted octanol–water partition coefficient (Wildman–Crippen LogP) is 0.0352. The number of primary amides is 1. The van der Waals surface area contributed by atoms with Gasteiger partial charge in [0, 0.05) is 14.2 Å². The number of urea groups is 1. The highest BCUT2D eigenvalue weighted by atomic mass is 16.7. The zero-order valence-electron chi connectivity index (χ0n) is 9.22. The second-order valence-corrected chi connectivity index (χ2v) is 2.38. The average Bonchev–Trinajstić information content (AvgIpc) is 2.22. The number of rotatable bonds is 6. The number of hydrogen-bond donors (Lipinski definition) is 1. The van der Waals surface area contributed by atoms with E-state index < -0.39 is 12.4 Å². The minimum Gasteiger partial charge on any atom is -0.499 e. The van der Waals surface area contributed by atoms with Crippen LogP contribution >= 0.6 is 0 Å². The van der Waals surface area contributed by atoms with Gasteiger partial charge in [0.2, 0.25) is 12.3 Å². The van der Waals surface area contributed by atoms with Crippen LogP contribution < -0.4 is 5.73 Å². The lowest BCUT2D eigenvalue weighted by atomic mass is 10.6. The van der Waals surface area contributed by atoms with Crippen molar-refractivity contribution in [1.82, 2.24) is 4.90 Å². The van der Waals surface area contributed by atoms with E-state index in [4.69, 9.17) is 24.7 Å². The van der Waals surface area contributed by atoms with Crippen LogP contribution in [0.4, 0.5) is 4.79 Å². The number of methoxy groups -OCH3 is 4. The van der Waals surface area contributed by atoms with Crippen LogP contribution in [0.15, 0.2) is 12.1 Å². The van der Waals surface area contributed by atoms with Gasteiger partial charge in [0.25, 0.3) is 0 Å². The third-order valence-electron chi connectivity index (χ3n) is 1.52. The highest BCUT2D eigenvalue weighted by Gasteiger charge is 2.26. The molecular weight excluding hydrogens is 204 g/mol. The minimum atomic E-state index is -0.969. The summed E-state index contributed by atoms with van der Waals surface area (Å²) in [5.74, 6) is 0.0821. The van der Waals surface area contributed by atoms with Crippen molar-refractivity contribution < 1.29 is 23.7 Å². The Labute approximate surface area is 88.3 Å². The van der Waals surface area contributed by atoms with E-state index in [1.807, 2.05) is 0 Å². The quantitative estimate of drug-likeness (QED) is 0.504. The topological polar surface area (TPSA) is 83.2 Å². The zero-order chi connectivity index (χ0) is 11.8. The summed E-state index contributed by atoms with van der Waals surface area (Å²) in [4.78, 5) is 12.1. The highest BCUT2D eigenvalue weighted by molar-refractivity contribution is 5.73. The van der Waals surface area contributed by atoms with Crippen LogP contribution in [0, 0.1) is 0 Å². The molecule has 0 aliphatic carbocycles. The molecule has 0 radical (unpaired) electrons. The number of hydrogen-bond acceptors (Lipinski definition) is 5. The molecule has 0 aromatic heterocycles. The average molecular weight is 220 g/mol. The smallest absolute Gasteiger partial charge is 0.325 e. The van der Waals surface area contributed by atoms with Gasteiger partial charge >= 0.3 is 6.03 Å². The maximum absolute atomic E-state index is 11.1. The van der Waals surface area contributed by atoms with Gasteiger partial charge in [0.05, 0.1) is 14.2 Å². The van der Waals surface area contributed by atoms with E-state index in [-0.39, 0.29) is 5.88 Å². The van der Waals surface area contributed by atoms with Crippen LogP contribution in [0.25, 0.3) is 0 Å². The molecule has 0 aliphatic rings. The van der Waals surface area contributed by atoms with Crippen molar-refractivity contribution in [3.05, 3.63) is 12.1 Å². The molecule has 2 amide bonds. The molecule has 0 saturated heterocycles. The summed E-state index contributed by atoms with van der Waals surface area (Å²) in [6.07, 6.45) is 0.236. The second-order valence-electron chi connectivity index (χ2n) is 2.38. The lowest BCUT2D eigenvalue weighted by Gasteiger charge is -2.27.